The van der Waals surface area contributed by atoms with Crippen LogP contribution >= 0.6 is 23.1 Å². The number of nitrogens with one attached hydrogen (secondary N) is 1. The topological polar surface area (TPSA) is 42.0 Å². The average Bonchev–Trinajstić information content (AvgIpc) is 3.03. The fourth-order valence-electron chi connectivity index (χ4n) is 2.36. The molecule has 0 spiro atoms. The average molecular weight is 357 g/mol. The van der Waals surface area contributed by atoms with E-state index in [1.807, 2.05) is 42.5 Å². The zero-order valence-electron chi connectivity index (χ0n) is 13.6. The molecule has 0 aliphatic rings. The lowest BCUT2D eigenvalue weighted by Crippen LogP contribution is -2.15. The molecule has 0 radical (unpaired) electrons. The van der Waals surface area contributed by atoms with Crippen molar-refractivity contribution in [2.45, 2.75) is 19.8 Å². The van der Waals surface area contributed by atoms with E-state index in [1.165, 1.54) is 0 Å². The van der Waals surface area contributed by atoms with E-state index in [0.717, 1.165) is 45.1 Å². The first kappa shape index (κ1) is 17.0. The Morgan fingerprint density at radius 3 is 2.79 bits per heavy atom. The highest BCUT2D eigenvalue weighted by molar-refractivity contribution is 7.99. The lowest BCUT2D eigenvalue weighted by atomic mass is 10.2. The molecule has 1 aromatic heterocycles. The highest BCUT2D eigenvalue weighted by Gasteiger charge is 2.12. The Balaban J connectivity index is 1.76. The van der Waals surface area contributed by atoms with Crippen molar-refractivity contribution in [3.05, 3.63) is 48.5 Å². The molecule has 5 heteroatoms. The first-order valence-corrected chi connectivity index (χ1v) is 10.1. The maximum absolute atomic E-state index is 12.2. The van der Waals surface area contributed by atoms with Crippen molar-refractivity contribution in [1.82, 2.24) is 4.98 Å². The largest absolute Gasteiger partial charge is 0.325 e. The Bertz CT molecular complexity index is 796. The fourth-order valence-corrected chi connectivity index (χ4v) is 4.26. The number of para-hydroxylation sites is 2. The Kier molecular flexibility index (Phi) is 5.88. The first-order valence-electron chi connectivity index (χ1n) is 8.10. The molecule has 0 saturated carbocycles. The summed E-state index contributed by atoms with van der Waals surface area (Å²) in [5.74, 6) is 1.57. The van der Waals surface area contributed by atoms with Crippen LogP contribution in [0.1, 0.15) is 19.8 Å². The van der Waals surface area contributed by atoms with Gasteiger partial charge >= 0.3 is 0 Å². The van der Waals surface area contributed by atoms with Crippen molar-refractivity contribution in [3.63, 3.8) is 0 Å². The van der Waals surface area contributed by atoms with E-state index in [4.69, 9.17) is 4.98 Å². The van der Waals surface area contributed by atoms with Crippen molar-refractivity contribution < 1.29 is 4.79 Å². The van der Waals surface area contributed by atoms with Crippen LogP contribution in [-0.4, -0.2) is 22.4 Å². The second-order valence-corrected chi connectivity index (χ2v) is 7.62. The van der Waals surface area contributed by atoms with Crippen molar-refractivity contribution in [2.75, 3.05) is 16.8 Å². The number of nitrogens with zero attached hydrogens (tertiary/aromatic N) is 1. The van der Waals surface area contributed by atoms with Gasteiger partial charge in [-0.1, -0.05) is 37.6 Å². The minimum absolute atomic E-state index is 0.0460. The highest BCUT2D eigenvalue weighted by atomic mass is 32.2. The zero-order valence-corrected chi connectivity index (χ0v) is 15.3. The van der Waals surface area contributed by atoms with Crippen LogP contribution in [0.4, 0.5) is 5.69 Å². The van der Waals surface area contributed by atoms with Gasteiger partial charge in [0.05, 0.1) is 21.7 Å². The minimum Gasteiger partial charge on any atom is -0.325 e. The Labute approximate surface area is 150 Å². The van der Waals surface area contributed by atoms with E-state index in [1.54, 1.807) is 23.1 Å². The number of thioether (sulfide) groups is 1. The third-order valence-electron chi connectivity index (χ3n) is 3.60. The summed E-state index contributed by atoms with van der Waals surface area (Å²) in [4.78, 5) is 16.9. The number of hydrogen-bond donors (Lipinski definition) is 1. The number of unbranched alkanes of at least 4 members (excludes halogenated alkanes) is 1. The number of carbonyl (C=O) groups is 1. The highest BCUT2D eigenvalue weighted by Crippen LogP contribution is 2.34. The molecule has 1 heterocycles. The number of anilines is 1. The van der Waals surface area contributed by atoms with Gasteiger partial charge in [0.15, 0.2) is 0 Å². The molecule has 1 N–H and O–H groups in total. The minimum atomic E-state index is 0.0460. The standard InChI is InChI=1S/C19H20N2OS2/c1-2-3-12-23-13-18(22)20-15-9-5-4-8-14(15)19-21-16-10-6-7-11-17(16)24-19/h4-11H,2-3,12-13H2,1H3,(H,20,22). The molecule has 0 aliphatic carbocycles. The van der Waals surface area contributed by atoms with Gasteiger partial charge in [0, 0.05) is 5.56 Å². The summed E-state index contributed by atoms with van der Waals surface area (Å²) in [6.07, 6.45) is 2.31. The van der Waals surface area contributed by atoms with Crippen LogP contribution in [-0.2, 0) is 4.79 Å². The van der Waals surface area contributed by atoms with Crippen LogP contribution in [0, 0.1) is 0 Å². The molecule has 0 unspecified atom stereocenters. The second-order valence-electron chi connectivity index (χ2n) is 5.49. The number of thiazole rings is 1. The molecule has 0 saturated heterocycles. The number of carbonyl (C=O) groups excluding carboxylic acids is 1. The smallest absolute Gasteiger partial charge is 0.234 e. The van der Waals surface area contributed by atoms with Crippen molar-refractivity contribution >= 4 is 44.9 Å². The maximum Gasteiger partial charge on any atom is 0.234 e. The normalized spacial score (nSPS) is 10.9. The van der Waals surface area contributed by atoms with Gasteiger partial charge in [0.2, 0.25) is 5.91 Å². The van der Waals surface area contributed by atoms with Gasteiger partial charge < -0.3 is 5.32 Å². The van der Waals surface area contributed by atoms with Gasteiger partial charge in [-0.3, -0.25) is 4.79 Å². The number of rotatable bonds is 7. The van der Waals surface area contributed by atoms with E-state index in [-0.39, 0.29) is 5.91 Å². The van der Waals surface area contributed by atoms with Crippen LogP contribution in [0.15, 0.2) is 48.5 Å². The number of hydrogen-bond acceptors (Lipinski definition) is 4. The molecule has 3 aromatic rings. The second kappa shape index (κ2) is 8.31. The summed E-state index contributed by atoms with van der Waals surface area (Å²) < 4.78 is 1.16. The molecule has 0 atom stereocenters. The van der Waals surface area contributed by atoms with E-state index >= 15 is 0 Å². The zero-order chi connectivity index (χ0) is 16.8. The van der Waals surface area contributed by atoms with Gasteiger partial charge in [0.1, 0.15) is 5.01 Å². The van der Waals surface area contributed by atoms with Crippen molar-refractivity contribution in [2.24, 2.45) is 0 Å². The van der Waals surface area contributed by atoms with E-state index in [9.17, 15) is 4.79 Å². The molecule has 0 fully saturated rings. The molecule has 0 aliphatic heterocycles. The van der Waals surface area contributed by atoms with Crippen molar-refractivity contribution in [1.29, 1.82) is 0 Å². The molecular formula is C19H20N2OS2. The monoisotopic (exact) mass is 356 g/mol. The van der Waals surface area contributed by atoms with Gasteiger partial charge in [-0.25, -0.2) is 4.98 Å². The van der Waals surface area contributed by atoms with Gasteiger partial charge in [-0.2, -0.15) is 11.8 Å². The lowest BCUT2D eigenvalue weighted by Gasteiger charge is -2.09. The predicted octanol–water partition coefficient (Wildman–Crippen LogP) is 5.44. The van der Waals surface area contributed by atoms with E-state index in [2.05, 4.69) is 18.3 Å². The Hall–Kier alpha value is -1.85. The molecule has 0 bridgehead atoms. The third-order valence-corrected chi connectivity index (χ3v) is 5.71. The molecule has 1 amide bonds. The fraction of sp³-hybridized carbons (Fsp3) is 0.263. The summed E-state index contributed by atoms with van der Waals surface area (Å²) in [6.45, 7) is 2.16. The third kappa shape index (κ3) is 4.16. The number of fused-ring (bicyclic) bond motifs is 1. The SMILES string of the molecule is CCCCSCC(=O)Nc1ccccc1-c1nc2ccccc2s1. The van der Waals surface area contributed by atoms with Crippen LogP contribution < -0.4 is 5.32 Å². The number of amides is 1. The summed E-state index contributed by atoms with van der Waals surface area (Å²) in [7, 11) is 0. The van der Waals surface area contributed by atoms with E-state index in [0.29, 0.717) is 5.75 Å². The first-order chi connectivity index (χ1) is 11.8. The quantitative estimate of drug-likeness (QED) is 0.574. The van der Waals surface area contributed by atoms with Crippen LogP contribution in [0.5, 0.6) is 0 Å². The lowest BCUT2D eigenvalue weighted by molar-refractivity contribution is -0.113. The van der Waals surface area contributed by atoms with Gasteiger partial charge in [-0.15, -0.1) is 11.3 Å². The Morgan fingerprint density at radius 1 is 1.17 bits per heavy atom. The summed E-state index contributed by atoms with van der Waals surface area (Å²) in [5, 5.41) is 3.97. The molecule has 3 nitrogen and oxygen atoms in total. The summed E-state index contributed by atoms with van der Waals surface area (Å²) in [5.41, 5.74) is 2.80. The summed E-state index contributed by atoms with van der Waals surface area (Å²) >= 11 is 3.33. The summed E-state index contributed by atoms with van der Waals surface area (Å²) in [6, 6.07) is 16.0. The number of aromatic nitrogens is 1. The molecule has 124 valence electrons. The molecule has 3 rings (SSSR count). The Morgan fingerprint density at radius 2 is 1.96 bits per heavy atom. The van der Waals surface area contributed by atoms with Gasteiger partial charge in [0.25, 0.3) is 0 Å². The van der Waals surface area contributed by atoms with Crippen LogP contribution in [0.25, 0.3) is 20.8 Å². The molecular weight excluding hydrogens is 336 g/mol. The van der Waals surface area contributed by atoms with Crippen LogP contribution in [0.2, 0.25) is 0 Å². The predicted molar refractivity (Wildman–Crippen MR) is 106 cm³/mol. The van der Waals surface area contributed by atoms with Gasteiger partial charge in [-0.05, 0) is 36.4 Å². The number of benzene rings is 2. The van der Waals surface area contributed by atoms with E-state index < -0.39 is 0 Å². The van der Waals surface area contributed by atoms with Crippen molar-refractivity contribution in [3.8, 4) is 10.6 Å². The maximum atomic E-state index is 12.2. The van der Waals surface area contributed by atoms with Crippen LogP contribution in [0.3, 0.4) is 0 Å². The molecule has 2 aromatic carbocycles. The molecule has 24 heavy (non-hydrogen) atoms.